The lowest BCUT2D eigenvalue weighted by Crippen LogP contribution is -2.39. The lowest BCUT2D eigenvalue weighted by atomic mass is 9.85. The van der Waals surface area contributed by atoms with Crippen molar-refractivity contribution in [2.24, 2.45) is 5.92 Å². The average molecular weight is 608 g/mol. The van der Waals surface area contributed by atoms with Crippen molar-refractivity contribution in [3.8, 4) is 5.69 Å². The SMILES string of the molecule is CC(=O)N1CCc2ccc(-n3c(=O)n(CC4CCC(NC(=O)c5cc(Cl)cnc5C(F)F)CC4)c4ccccc43)cc2C1. The zero-order valence-electron chi connectivity index (χ0n) is 23.7. The van der Waals surface area contributed by atoms with Crippen molar-refractivity contribution in [1.29, 1.82) is 0 Å². The molecular weight excluding hydrogens is 576 g/mol. The maximum absolute atomic E-state index is 13.9. The Kier molecular flexibility index (Phi) is 8.05. The third-order valence-electron chi connectivity index (χ3n) is 8.70. The standard InChI is InChI=1S/C32H32ClF2N5O3/c1-19(41)38-13-12-21-8-11-25(14-22(21)18-38)40-28-5-3-2-4-27(28)39(32(40)43)17-20-6-9-24(10-7-20)37-31(42)26-15-23(33)16-36-29(26)30(34)35/h2-5,8,11,14-16,20,24,30H,6-7,9-10,12-13,17-18H2,1H3,(H,37,42). The molecule has 43 heavy (non-hydrogen) atoms. The number of aromatic nitrogens is 3. The Balaban J connectivity index is 1.19. The first-order valence-corrected chi connectivity index (χ1v) is 14.9. The van der Waals surface area contributed by atoms with Crippen LogP contribution in [0, 0.1) is 5.92 Å². The van der Waals surface area contributed by atoms with Crippen molar-refractivity contribution in [3.63, 3.8) is 0 Å². The lowest BCUT2D eigenvalue weighted by molar-refractivity contribution is -0.129. The third-order valence-corrected chi connectivity index (χ3v) is 8.91. The van der Waals surface area contributed by atoms with E-state index in [4.69, 9.17) is 11.6 Å². The second-order valence-corrected chi connectivity index (χ2v) is 11.9. The summed E-state index contributed by atoms with van der Waals surface area (Å²) in [5.41, 5.74) is 3.77. The van der Waals surface area contributed by atoms with E-state index < -0.39 is 18.0 Å². The number of amides is 2. The Morgan fingerprint density at radius 3 is 2.51 bits per heavy atom. The van der Waals surface area contributed by atoms with Crippen LogP contribution in [-0.4, -0.2) is 43.4 Å². The molecule has 1 fully saturated rings. The van der Waals surface area contributed by atoms with Crippen LogP contribution in [0.2, 0.25) is 5.02 Å². The van der Waals surface area contributed by atoms with Gasteiger partial charge < -0.3 is 10.2 Å². The fourth-order valence-corrected chi connectivity index (χ4v) is 6.56. The van der Waals surface area contributed by atoms with E-state index in [0.29, 0.717) is 32.5 Å². The number of carbonyl (C=O) groups excluding carboxylic acids is 2. The predicted molar refractivity (Wildman–Crippen MR) is 160 cm³/mol. The molecule has 4 aromatic rings. The van der Waals surface area contributed by atoms with Crippen LogP contribution in [0.15, 0.2) is 59.5 Å². The molecule has 1 saturated carbocycles. The molecule has 6 rings (SSSR count). The second-order valence-electron chi connectivity index (χ2n) is 11.4. The zero-order chi connectivity index (χ0) is 30.2. The quantitative estimate of drug-likeness (QED) is 0.306. The van der Waals surface area contributed by atoms with Crippen LogP contribution in [0.4, 0.5) is 8.78 Å². The van der Waals surface area contributed by atoms with Crippen molar-refractivity contribution < 1.29 is 18.4 Å². The first-order valence-electron chi connectivity index (χ1n) is 14.5. The summed E-state index contributed by atoms with van der Waals surface area (Å²) in [5.74, 6) is -0.356. The van der Waals surface area contributed by atoms with Crippen LogP contribution in [0.1, 0.15) is 66.2 Å². The highest BCUT2D eigenvalue weighted by Gasteiger charge is 2.28. The smallest absolute Gasteiger partial charge is 0.333 e. The van der Waals surface area contributed by atoms with Gasteiger partial charge in [-0.1, -0.05) is 29.8 Å². The summed E-state index contributed by atoms with van der Waals surface area (Å²) in [5, 5.41) is 3.00. The third kappa shape index (κ3) is 5.80. The van der Waals surface area contributed by atoms with Crippen molar-refractivity contribution in [1.82, 2.24) is 24.3 Å². The van der Waals surface area contributed by atoms with Crippen LogP contribution >= 0.6 is 11.6 Å². The average Bonchev–Trinajstić information content (AvgIpc) is 3.27. The minimum atomic E-state index is -2.88. The molecule has 0 radical (unpaired) electrons. The number of carbonyl (C=O) groups is 2. The molecule has 1 aliphatic heterocycles. The molecule has 3 heterocycles. The van der Waals surface area contributed by atoms with Gasteiger partial charge in [-0.2, -0.15) is 0 Å². The van der Waals surface area contributed by atoms with E-state index in [0.717, 1.165) is 47.7 Å². The first-order chi connectivity index (χ1) is 20.7. The minimum absolute atomic E-state index is 0.0403. The second kappa shape index (κ2) is 11.9. The molecule has 11 heteroatoms. The number of rotatable bonds is 6. The molecular formula is C32H32ClF2N5O3. The van der Waals surface area contributed by atoms with Gasteiger partial charge in [0.2, 0.25) is 5.91 Å². The summed E-state index contributed by atoms with van der Waals surface area (Å²) >= 11 is 5.92. The molecule has 0 unspecified atom stereocenters. The zero-order valence-corrected chi connectivity index (χ0v) is 24.5. The maximum Gasteiger partial charge on any atom is 0.333 e. The molecule has 2 amide bonds. The van der Waals surface area contributed by atoms with Gasteiger partial charge in [-0.25, -0.2) is 13.6 Å². The van der Waals surface area contributed by atoms with E-state index >= 15 is 0 Å². The maximum atomic E-state index is 13.9. The Hall–Kier alpha value is -4.05. The Morgan fingerprint density at radius 1 is 1.05 bits per heavy atom. The van der Waals surface area contributed by atoms with Crippen molar-refractivity contribution in [2.45, 2.75) is 64.6 Å². The molecule has 1 N–H and O–H groups in total. The summed E-state index contributed by atoms with van der Waals surface area (Å²) < 4.78 is 30.4. The van der Waals surface area contributed by atoms with E-state index in [1.54, 1.807) is 11.5 Å². The Morgan fingerprint density at radius 2 is 1.79 bits per heavy atom. The van der Waals surface area contributed by atoms with Gasteiger partial charge in [0.25, 0.3) is 12.3 Å². The number of para-hydroxylation sites is 2. The summed E-state index contributed by atoms with van der Waals surface area (Å²) in [6, 6.07) is 14.8. The molecule has 2 aliphatic rings. The number of hydrogen-bond acceptors (Lipinski definition) is 4. The van der Waals surface area contributed by atoms with E-state index in [1.807, 2.05) is 45.9 Å². The molecule has 1 aliphatic carbocycles. The number of nitrogens with one attached hydrogen (secondary N) is 1. The Labute approximate surface area is 252 Å². The van der Waals surface area contributed by atoms with Crippen molar-refractivity contribution in [2.75, 3.05) is 6.54 Å². The van der Waals surface area contributed by atoms with Gasteiger partial charge in [0.15, 0.2) is 0 Å². The molecule has 0 atom stereocenters. The lowest BCUT2D eigenvalue weighted by Gasteiger charge is -2.29. The van der Waals surface area contributed by atoms with E-state index in [9.17, 15) is 23.2 Å². The molecule has 224 valence electrons. The van der Waals surface area contributed by atoms with Crippen LogP contribution in [0.3, 0.4) is 0 Å². The molecule has 0 bridgehead atoms. The number of fused-ring (bicyclic) bond motifs is 2. The van der Waals surface area contributed by atoms with E-state index in [-0.39, 0.29) is 34.1 Å². The molecule has 2 aromatic carbocycles. The predicted octanol–water partition coefficient (Wildman–Crippen LogP) is 5.67. The van der Waals surface area contributed by atoms with Gasteiger partial charge in [0.1, 0.15) is 5.69 Å². The van der Waals surface area contributed by atoms with Gasteiger partial charge >= 0.3 is 5.69 Å². The number of imidazole rings is 1. The van der Waals surface area contributed by atoms with Crippen molar-refractivity contribution in [3.05, 3.63) is 92.6 Å². The largest absolute Gasteiger partial charge is 0.349 e. The fourth-order valence-electron chi connectivity index (χ4n) is 6.40. The Bertz CT molecular complexity index is 1760. The fraction of sp³-hybridized carbons (Fsp3) is 0.375. The number of nitrogens with zero attached hydrogens (tertiary/aromatic N) is 4. The number of pyridine rings is 1. The first kappa shape index (κ1) is 29.0. The highest BCUT2D eigenvalue weighted by molar-refractivity contribution is 6.30. The summed E-state index contributed by atoms with van der Waals surface area (Å²) in [7, 11) is 0. The molecule has 0 spiro atoms. The number of halogens is 3. The van der Waals surface area contributed by atoms with Gasteiger partial charge in [0, 0.05) is 38.8 Å². The molecule has 2 aromatic heterocycles. The number of alkyl halides is 2. The van der Waals surface area contributed by atoms with Gasteiger partial charge in [0.05, 0.1) is 27.3 Å². The minimum Gasteiger partial charge on any atom is -0.349 e. The van der Waals surface area contributed by atoms with Gasteiger partial charge in [-0.15, -0.1) is 0 Å². The molecule has 8 nitrogen and oxygen atoms in total. The van der Waals surface area contributed by atoms with E-state index in [2.05, 4.69) is 16.4 Å². The van der Waals surface area contributed by atoms with Crippen LogP contribution in [0.5, 0.6) is 0 Å². The summed E-state index contributed by atoms with van der Waals surface area (Å²) in [4.78, 5) is 44.2. The summed E-state index contributed by atoms with van der Waals surface area (Å²) in [6.45, 7) is 3.34. The van der Waals surface area contributed by atoms with Gasteiger partial charge in [-0.05, 0) is 79.5 Å². The monoisotopic (exact) mass is 607 g/mol. The summed E-state index contributed by atoms with van der Waals surface area (Å²) in [6.07, 6.45) is 1.89. The van der Waals surface area contributed by atoms with Gasteiger partial charge in [-0.3, -0.25) is 23.7 Å². The highest BCUT2D eigenvalue weighted by atomic mass is 35.5. The van der Waals surface area contributed by atoms with E-state index in [1.165, 1.54) is 11.6 Å². The topological polar surface area (TPSA) is 89.2 Å². The highest BCUT2D eigenvalue weighted by Crippen LogP contribution is 2.29. The number of hydrogen-bond donors (Lipinski definition) is 1. The van der Waals surface area contributed by atoms with Crippen LogP contribution in [-0.2, 0) is 24.3 Å². The van der Waals surface area contributed by atoms with Crippen LogP contribution < -0.4 is 11.0 Å². The van der Waals surface area contributed by atoms with Crippen molar-refractivity contribution >= 4 is 34.4 Å². The molecule has 0 saturated heterocycles. The van der Waals surface area contributed by atoms with Crippen LogP contribution in [0.25, 0.3) is 16.7 Å². The normalized spacial score (nSPS) is 18.6. The number of benzene rings is 2.